The molecule has 2 aromatic carbocycles. The van der Waals surface area contributed by atoms with Gasteiger partial charge >= 0.3 is 6.18 Å². The first kappa shape index (κ1) is 16.8. The molecule has 6 heteroatoms. The summed E-state index contributed by atoms with van der Waals surface area (Å²) in [6.07, 6.45) is -4.37. The van der Waals surface area contributed by atoms with E-state index in [1.165, 1.54) is 12.1 Å². The lowest BCUT2D eigenvalue weighted by atomic mass is 9.82. The zero-order valence-corrected chi connectivity index (χ0v) is 12.6. The van der Waals surface area contributed by atoms with Gasteiger partial charge in [0.2, 0.25) is 0 Å². The van der Waals surface area contributed by atoms with E-state index in [4.69, 9.17) is 23.1 Å². The van der Waals surface area contributed by atoms with Crippen molar-refractivity contribution in [3.8, 4) is 0 Å². The lowest BCUT2D eigenvalue weighted by molar-refractivity contribution is -0.137. The molecule has 0 aliphatic rings. The molecule has 4 N–H and O–H groups in total. The third kappa shape index (κ3) is 3.43. The van der Waals surface area contributed by atoms with E-state index in [2.05, 4.69) is 0 Å². The van der Waals surface area contributed by atoms with E-state index < -0.39 is 23.3 Å². The monoisotopic (exact) mass is 328 g/mol. The summed E-state index contributed by atoms with van der Waals surface area (Å²) in [5.74, 6) is 0. The smallest absolute Gasteiger partial charge is 0.322 e. The van der Waals surface area contributed by atoms with Crippen LogP contribution in [0.4, 0.5) is 13.2 Å². The van der Waals surface area contributed by atoms with Crippen LogP contribution in [0.15, 0.2) is 48.5 Å². The van der Waals surface area contributed by atoms with Gasteiger partial charge in [-0.1, -0.05) is 35.9 Å². The van der Waals surface area contributed by atoms with Crippen LogP contribution in [-0.4, -0.2) is 0 Å². The molecule has 0 saturated carbocycles. The van der Waals surface area contributed by atoms with Crippen LogP contribution in [0.3, 0.4) is 0 Å². The molecule has 0 fully saturated rings. The van der Waals surface area contributed by atoms with Gasteiger partial charge in [0.05, 0.1) is 17.1 Å². The van der Waals surface area contributed by atoms with Crippen molar-refractivity contribution in [1.82, 2.24) is 0 Å². The molecule has 0 saturated heterocycles. The van der Waals surface area contributed by atoms with Crippen LogP contribution >= 0.6 is 11.6 Å². The van der Waals surface area contributed by atoms with Crippen LogP contribution in [0.25, 0.3) is 0 Å². The molecule has 0 heterocycles. The number of nitrogens with two attached hydrogens (primary N) is 2. The molecule has 0 aliphatic heterocycles. The van der Waals surface area contributed by atoms with Gasteiger partial charge in [-0.05, 0) is 42.3 Å². The lowest BCUT2D eigenvalue weighted by Gasteiger charge is -2.32. The fourth-order valence-corrected chi connectivity index (χ4v) is 2.34. The van der Waals surface area contributed by atoms with Crippen molar-refractivity contribution >= 4 is 11.6 Å². The van der Waals surface area contributed by atoms with Crippen LogP contribution < -0.4 is 11.5 Å². The average Bonchev–Trinajstić information content (AvgIpc) is 2.46. The van der Waals surface area contributed by atoms with Crippen molar-refractivity contribution < 1.29 is 13.2 Å². The van der Waals surface area contributed by atoms with Crippen molar-refractivity contribution in [2.24, 2.45) is 11.5 Å². The predicted molar refractivity (Wildman–Crippen MR) is 81.4 cm³/mol. The van der Waals surface area contributed by atoms with Gasteiger partial charge < -0.3 is 11.5 Å². The summed E-state index contributed by atoms with van der Waals surface area (Å²) in [6.45, 7) is 1.73. The fraction of sp³-hybridized carbons (Fsp3) is 0.250. The second-order valence-electron chi connectivity index (χ2n) is 5.39. The van der Waals surface area contributed by atoms with Gasteiger partial charge in [0.25, 0.3) is 0 Å². The van der Waals surface area contributed by atoms with Crippen LogP contribution in [0.2, 0.25) is 5.02 Å². The Morgan fingerprint density at radius 3 is 1.82 bits per heavy atom. The Bertz CT molecular complexity index is 634. The maximum absolute atomic E-state index is 12.6. The quantitative estimate of drug-likeness (QED) is 0.885. The maximum Gasteiger partial charge on any atom is 0.416 e. The summed E-state index contributed by atoms with van der Waals surface area (Å²) in [6, 6.07) is 11.0. The molecular weight excluding hydrogens is 313 g/mol. The topological polar surface area (TPSA) is 52.0 Å². The van der Waals surface area contributed by atoms with Crippen LogP contribution in [-0.2, 0) is 11.7 Å². The molecule has 2 rings (SSSR count). The van der Waals surface area contributed by atoms with Gasteiger partial charge in [0.1, 0.15) is 0 Å². The first-order valence-electron chi connectivity index (χ1n) is 6.60. The minimum atomic E-state index is -4.37. The molecule has 0 aromatic heterocycles. The molecule has 0 aliphatic carbocycles. The molecule has 2 atom stereocenters. The highest BCUT2D eigenvalue weighted by atomic mass is 35.5. The van der Waals surface area contributed by atoms with Gasteiger partial charge in [-0.2, -0.15) is 13.2 Å². The first-order valence-corrected chi connectivity index (χ1v) is 6.98. The van der Waals surface area contributed by atoms with Gasteiger partial charge in [-0.15, -0.1) is 0 Å². The van der Waals surface area contributed by atoms with Gasteiger partial charge in [0.15, 0.2) is 0 Å². The molecule has 0 amide bonds. The zero-order chi connectivity index (χ0) is 16.5. The van der Waals surface area contributed by atoms with Crippen molar-refractivity contribution in [2.45, 2.75) is 24.7 Å². The SMILES string of the molecule is C[C@@](N)(c1ccc(Cl)cc1)[C@H](N)c1ccc(C(F)(F)F)cc1. The van der Waals surface area contributed by atoms with Crippen molar-refractivity contribution in [3.05, 3.63) is 70.2 Å². The largest absolute Gasteiger partial charge is 0.416 e. The Hall–Kier alpha value is -1.56. The molecule has 0 spiro atoms. The normalized spacial score (nSPS) is 16.1. The van der Waals surface area contributed by atoms with Crippen LogP contribution in [0.1, 0.15) is 29.7 Å². The number of benzene rings is 2. The maximum atomic E-state index is 12.6. The van der Waals surface area contributed by atoms with Crippen molar-refractivity contribution in [3.63, 3.8) is 0 Å². The molecule has 0 bridgehead atoms. The Kier molecular flexibility index (Phi) is 4.52. The Morgan fingerprint density at radius 1 is 0.909 bits per heavy atom. The van der Waals surface area contributed by atoms with E-state index in [-0.39, 0.29) is 0 Å². The van der Waals surface area contributed by atoms with E-state index in [0.29, 0.717) is 10.6 Å². The summed E-state index contributed by atoms with van der Waals surface area (Å²) >= 11 is 5.84. The second-order valence-corrected chi connectivity index (χ2v) is 5.82. The molecule has 0 radical (unpaired) electrons. The summed E-state index contributed by atoms with van der Waals surface area (Å²) in [4.78, 5) is 0. The van der Waals surface area contributed by atoms with E-state index in [1.54, 1.807) is 31.2 Å². The Labute approximate surface area is 131 Å². The first-order chi connectivity index (χ1) is 10.1. The third-order valence-corrected chi connectivity index (χ3v) is 3.96. The summed E-state index contributed by atoms with van der Waals surface area (Å²) in [7, 11) is 0. The highest BCUT2D eigenvalue weighted by Gasteiger charge is 2.33. The van der Waals surface area contributed by atoms with E-state index in [9.17, 15) is 13.2 Å². The summed E-state index contributed by atoms with van der Waals surface area (Å²) < 4.78 is 37.8. The Morgan fingerprint density at radius 2 is 1.36 bits per heavy atom. The van der Waals surface area contributed by atoms with E-state index >= 15 is 0 Å². The van der Waals surface area contributed by atoms with Crippen LogP contribution in [0, 0.1) is 0 Å². The molecular formula is C16H16ClF3N2. The van der Waals surface area contributed by atoms with Gasteiger partial charge in [-0.25, -0.2) is 0 Å². The van der Waals surface area contributed by atoms with E-state index in [0.717, 1.165) is 17.7 Å². The average molecular weight is 329 g/mol. The highest BCUT2D eigenvalue weighted by Crippen LogP contribution is 2.34. The molecule has 0 unspecified atom stereocenters. The minimum absolute atomic E-state index is 0.535. The number of hydrogen-bond acceptors (Lipinski definition) is 2. The third-order valence-electron chi connectivity index (χ3n) is 3.71. The predicted octanol–water partition coefficient (Wildman–Crippen LogP) is 4.23. The molecule has 2 aromatic rings. The number of alkyl halides is 3. The van der Waals surface area contributed by atoms with Crippen molar-refractivity contribution in [2.75, 3.05) is 0 Å². The second kappa shape index (κ2) is 5.91. The standard InChI is InChI=1S/C16H16ClF3N2/c1-15(22,11-6-8-13(17)9-7-11)14(21)10-2-4-12(5-3-10)16(18,19)20/h2-9,14H,21-22H2,1H3/t14-,15-/m1/s1. The summed E-state index contributed by atoms with van der Waals surface area (Å²) in [5.41, 5.74) is 12.1. The molecule has 2 nitrogen and oxygen atoms in total. The molecule has 118 valence electrons. The zero-order valence-electron chi connectivity index (χ0n) is 11.9. The number of halogens is 4. The van der Waals surface area contributed by atoms with Crippen molar-refractivity contribution in [1.29, 1.82) is 0 Å². The van der Waals surface area contributed by atoms with Gasteiger partial charge in [0, 0.05) is 5.02 Å². The lowest BCUT2D eigenvalue weighted by Crippen LogP contribution is -2.44. The number of rotatable bonds is 3. The fourth-order valence-electron chi connectivity index (χ4n) is 2.21. The van der Waals surface area contributed by atoms with Crippen LogP contribution in [0.5, 0.6) is 0 Å². The summed E-state index contributed by atoms with van der Waals surface area (Å²) in [5, 5.41) is 0.572. The minimum Gasteiger partial charge on any atom is -0.322 e. The van der Waals surface area contributed by atoms with E-state index in [1.807, 2.05) is 0 Å². The molecule has 22 heavy (non-hydrogen) atoms. The number of hydrogen-bond donors (Lipinski definition) is 2. The highest BCUT2D eigenvalue weighted by molar-refractivity contribution is 6.30. The van der Waals surface area contributed by atoms with Gasteiger partial charge in [-0.3, -0.25) is 0 Å². The Balaban J connectivity index is 2.30.